The van der Waals surface area contributed by atoms with E-state index in [4.69, 9.17) is 10.3 Å². The molecule has 2 aromatic heterocycles. The fourth-order valence-corrected chi connectivity index (χ4v) is 1.38. The van der Waals surface area contributed by atoms with E-state index in [-0.39, 0.29) is 0 Å². The van der Waals surface area contributed by atoms with Crippen molar-refractivity contribution in [3.05, 3.63) is 29.9 Å². The quantitative estimate of drug-likeness (QED) is 0.781. The van der Waals surface area contributed by atoms with Crippen molar-refractivity contribution in [1.82, 2.24) is 19.7 Å². The number of nitrogens with two attached hydrogens (primary N) is 1. The third-order valence-electron chi connectivity index (χ3n) is 2.12. The molecule has 0 fully saturated rings. The summed E-state index contributed by atoms with van der Waals surface area (Å²) in [6.45, 7) is 2.90. The van der Waals surface area contributed by atoms with Crippen LogP contribution in [-0.2, 0) is 19.5 Å². The van der Waals surface area contributed by atoms with Crippen LogP contribution in [0.5, 0.6) is 0 Å². The molecule has 6 nitrogen and oxygen atoms in total. The number of aromatic nitrogens is 4. The first-order valence-electron chi connectivity index (χ1n) is 4.85. The summed E-state index contributed by atoms with van der Waals surface area (Å²) in [5.74, 6) is 2.09. The van der Waals surface area contributed by atoms with Crippen molar-refractivity contribution in [3.63, 3.8) is 0 Å². The van der Waals surface area contributed by atoms with Crippen LogP contribution in [0, 0.1) is 0 Å². The summed E-state index contributed by atoms with van der Waals surface area (Å²) >= 11 is 0. The molecular weight excluding hydrogens is 194 g/mol. The highest BCUT2D eigenvalue weighted by molar-refractivity contribution is 4.95. The van der Waals surface area contributed by atoms with E-state index < -0.39 is 0 Å². The molecule has 2 heterocycles. The van der Waals surface area contributed by atoms with Gasteiger partial charge in [0.15, 0.2) is 5.82 Å². The largest absolute Gasteiger partial charge is 0.337 e. The number of rotatable bonds is 4. The molecule has 2 N–H and O–H groups in total. The molecule has 2 aromatic rings. The molecule has 0 aliphatic carbocycles. The first-order valence-corrected chi connectivity index (χ1v) is 4.85. The second-order valence-electron chi connectivity index (χ2n) is 3.13. The lowest BCUT2D eigenvalue weighted by Crippen LogP contribution is -2.04. The Morgan fingerprint density at radius 2 is 2.40 bits per heavy atom. The Labute approximate surface area is 87.1 Å². The van der Waals surface area contributed by atoms with Crippen LogP contribution in [0.25, 0.3) is 0 Å². The van der Waals surface area contributed by atoms with Gasteiger partial charge in [0.2, 0.25) is 5.89 Å². The third kappa shape index (κ3) is 2.04. The minimum atomic E-state index is 0.300. The van der Waals surface area contributed by atoms with Gasteiger partial charge in [-0.2, -0.15) is 4.98 Å². The van der Waals surface area contributed by atoms with Crippen LogP contribution in [0.3, 0.4) is 0 Å². The van der Waals surface area contributed by atoms with Crippen LogP contribution in [0.1, 0.15) is 24.5 Å². The van der Waals surface area contributed by atoms with E-state index in [0.717, 1.165) is 12.2 Å². The van der Waals surface area contributed by atoms with Crippen LogP contribution in [0.15, 0.2) is 16.9 Å². The van der Waals surface area contributed by atoms with Crippen LogP contribution < -0.4 is 5.73 Å². The average molecular weight is 207 g/mol. The van der Waals surface area contributed by atoms with Gasteiger partial charge in [0.25, 0.3) is 0 Å². The maximum atomic E-state index is 5.39. The number of nitrogens with zero attached hydrogens (tertiary/aromatic N) is 4. The lowest BCUT2D eigenvalue weighted by atomic mass is 10.4. The topological polar surface area (TPSA) is 82.8 Å². The van der Waals surface area contributed by atoms with Gasteiger partial charge in [-0.05, 0) is 0 Å². The van der Waals surface area contributed by atoms with Crippen molar-refractivity contribution in [2.75, 3.05) is 0 Å². The van der Waals surface area contributed by atoms with E-state index in [0.29, 0.717) is 24.8 Å². The number of aryl methyl sites for hydroxylation is 1. The molecule has 0 unspecified atom stereocenters. The molecule has 0 spiro atoms. The molecular formula is C9H13N5O. The number of hydrogen-bond acceptors (Lipinski definition) is 5. The van der Waals surface area contributed by atoms with Crippen molar-refractivity contribution in [3.8, 4) is 0 Å². The molecule has 0 amide bonds. The van der Waals surface area contributed by atoms with Gasteiger partial charge in [-0.3, -0.25) is 0 Å². The standard InChI is InChI=1S/C9H13N5O/c1-2-8-11-3-4-14(8)6-9-12-7(5-10)13-15-9/h3-4H,2,5-6,10H2,1H3. The van der Waals surface area contributed by atoms with Crippen molar-refractivity contribution in [2.24, 2.45) is 5.73 Å². The fraction of sp³-hybridized carbons (Fsp3) is 0.444. The van der Waals surface area contributed by atoms with Gasteiger partial charge in [0.05, 0.1) is 6.54 Å². The summed E-state index contributed by atoms with van der Waals surface area (Å²) in [6.07, 6.45) is 4.54. The number of imidazole rings is 1. The van der Waals surface area contributed by atoms with E-state index in [1.165, 1.54) is 0 Å². The van der Waals surface area contributed by atoms with E-state index in [9.17, 15) is 0 Å². The highest BCUT2D eigenvalue weighted by atomic mass is 16.5. The molecule has 15 heavy (non-hydrogen) atoms. The highest BCUT2D eigenvalue weighted by Crippen LogP contribution is 2.04. The average Bonchev–Trinajstić information content (AvgIpc) is 2.87. The van der Waals surface area contributed by atoms with E-state index in [2.05, 4.69) is 22.0 Å². The molecule has 0 atom stereocenters. The molecule has 80 valence electrons. The zero-order valence-corrected chi connectivity index (χ0v) is 8.55. The fourth-order valence-electron chi connectivity index (χ4n) is 1.38. The second-order valence-corrected chi connectivity index (χ2v) is 3.13. The minimum Gasteiger partial charge on any atom is -0.337 e. The zero-order chi connectivity index (χ0) is 10.7. The summed E-state index contributed by atoms with van der Waals surface area (Å²) in [5.41, 5.74) is 5.39. The molecule has 2 rings (SSSR count). The Hall–Kier alpha value is -1.69. The van der Waals surface area contributed by atoms with Crippen molar-refractivity contribution in [1.29, 1.82) is 0 Å². The Balaban J connectivity index is 2.14. The van der Waals surface area contributed by atoms with Crippen LogP contribution in [-0.4, -0.2) is 19.7 Å². The monoisotopic (exact) mass is 207 g/mol. The zero-order valence-electron chi connectivity index (χ0n) is 8.55. The van der Waals surface area contributed by atoms with Gasteiger partial charge in [-0.15, -0.1) is 0 Å². The Bertz CT molecular complexity index is 433. The van der Waals surface area contributed by atoms with Gasteiger partial charge in [0.1, 0.15) is 12.4 Å². The lowest BCUT2D eigenvalue weighted by molar-refractivity contribution is 0.365. The van der Waals surface area contributed by atoms with E-state index in [1.807, 2.05) is 10.8 Å². The molecule has 0 bridgehead atoms. The van der Waals surface area contributed by atoms with Gasteiger partial charge < -0.3 is 14.8 Å². The minimum absolute atomic E-state index is 0.300. The van der Waals surface area contributed by atoms with Crippen LogP contribution in [0.4, 0.5) is 0 Å². The van der Waals surface area contributed by atoms with Gasteiger partial charge in [-0.1, -0.05) is 12.1 Å². The first kappa shape index (κ1) is 9.85. The predicted molar refractivity (Wildman–Crippen MR) is 52.9 cm³/mol. The number of hydrogen-bond donors (Lipinski definition) is 1. The predicted octanol–water partition coefficient (Wildman–Crippen LogP) is 0.336. The lowest BCUT2D eigenvalue weighted by Gasteiger charge is -2.01. The van der Waals surface area contributed by atoms with Gasteiger partial charge in [0, 0.05) is 18.8 Å². The van der Waals surface area contributed by atoms with Crippen LogP contribution in [0.2, 0.25) is 0 Å². The van der Waals surface area contributed by atoms with Crippen molar-refractivity contribution < 1.29 is 4.52 Å². The summed E-state index contributed by atoms with van der Waals surface area (Å²) in [4.78, 5) is 8.33. The molecule has 0 aliphatic rings. The summed E-state index contributed by atoms with van der Waals surface area (Å²) < 4.78 is 7.02. The molecule has 6 heteroatoms. The molecule has 0 saturated carbocycles. The second kappa shape index (κ2) is 4.22. The first-order chi connectivity index (χ1) is 7.33. The molecule has 0 saturated heterocycles. The Morgan fingerprint density at radius 1 is 1.53 bits per heavy atom. The smallest absolute Gasteiger partial charge is 0.246 e. The molecule has 0 aliphatic heterocycles. The molecule has 0 aromatic carbocycles. The van der Waals surface area contributed by atoms with Crippen molar-refractivity contribution >= 4 is 0 Å². The maximum Gasteiger partial charge on any atom is 0.246 e. The summed E-state index contributed by atoms with van der Waals surface area (Å²) in [6, 6.07) is 0. The molecule has 0 radical (unpaired) electrons. The van der Waals surface area contributed by atoms with Crippen LogP contribution >= 0.6 is 0 Å². The SMILES string of the molecule is CCc1nccn1Cc1nc(CN)no1. The highest BCUT2D eigenvalue weighted by Gasteiger charge is 2.07. The third-order valence-corrected chi connectivity index (χ3v) is 2.12. The van der Waals surface area contributed by atoms with Crippen molar-refractivity contribution in [2.45, 2.75) is 26.4 Å². The summed E-state index contributed by atoms with van der Waals surface area (Å²) in [7, 11) is 0. The van der Waals surface area contributed by atoms with Gasteiger partial charge >= 0.3 is 0 Å². The van der Waals surface area contributed by atoms with E-state index >= 15 is 0 Å². The normalized spacial score (nSPS) is 10.8. The van der Waals surface area contributed by atoms with Gasteiger partial charge in [-0.25, -0.2) is 4.98 Å². The Kier molecular flexibility index (Phi) is 2.77. The van der Waals surface area contributed by atoms with E-state index in [1.54, 1.807) is 6.20 Å². The maximum absolute atomic E-state index is 5.39. The Morgan fingerprint density at radius 3 is 3.07 bits per heavy atom. The summed E-state index contributed by atoms with van der Waals surface area (Å²) in [5, 5.41) is 3.73.